The van der Waals surface area contributed by atoms with Crippen LogP contribution in [-0.2, 0) is 21.2 Å². The molecule has 3 aromatic carbocycles. The predicted octanol–water partition coefficient (Wildman–Crippen LogP) is 3.56. The van der Waals surface area contributed by atoms with Crippen molar-refractivity contribution in [2.45, 2.75) is 23.8 Å². The van der Waals surface area contributed by atoms with Crippen LogP contribution in [0.1, 0.15) is 28.6 Å². The molecule has 1 aromatic heterocycles. The van der Waals surface area contributed by atoms with Gasteiger partial charge < -0.3 is 21.5 Å². The molecule has 4 aromatic rings. The molecular formula is C26H29ClN6O4S2. The second-order valence-corrected chi connectivity index (χ2v) is 11.3. The molecule has 13 heteroatoms. The number of benzene rings is 3. The number of methoxy groups -OCH3 is 1. The summed E-state index contributed by atoms with van der Waals surface area (Å²) in [6.45, 7) is 0.186. The summed E-state index contributed by atoms with van der Waals surface area (Å²) in [5.41, 5.74) is 13.5. The molecule has 0 bridgehead atoms. The average Bonchev–Trinajstić information content (AvgIpc) is 3.32. The SMILES string of the molecule is COc1ccc2nc(C(Cc3cccc(C(=N)N)c3)NS(=O)(=O)c3cccc(NC(=O)CCN)c3)sc2c1.Cl. The first-order chi connectivity index (χ1) is 18.2. The lowest BCUT2D eigenvalue weighted by Gasteiger charge is -2.18. The monoisotopic (exact) mass is 588 g/mol. The van der Waals surface area contributed by atoms with Gasteiger partial charge >= 0.3 is 0 Å². The van der Waals surface area contributed by atoms with Gasteiger partial charge in [0.05, 0.1) is 28.3 Å². The number of nitrogens with one attached hydrogen (secondary N) is 3. The fraction of sp³-hybridized carbons (Fsp3) is 0.192. The molecule has 10 nitrogen and oxygen atoms in total. The largest absolute Gasteiger partial charge is 0.497 e. The molecule has 0 spiro atoms. The molecule has 0 saturated carbocycles. The number of amides is 1. The number of thiazole rings is 1. The second kappa shape index (κ2) is 13.0. The molecule has 1 amide bonds. The molecule has 0 fully saturated rings. The zero-order valence-electron chi connectivity index (χ0n) is 21.0. The van der Waals surface area contributed by atoms with E-state index < -0.39 is 16.1 Å². The number of amidine groups is 1. The van der Waals surface area contributed by atoms with Crippen LogP contribution in [0.3, 0.4) is 0 Å². The van der Waals surface area contributed by atoms with E-state index in [2.05, 4.69) is 10.0 Å². The molecule has 1 heterocycles. The van der Waals surface area contributed by atoms with Crippen LogP contribution < -0.4 is 26.2 Å². The number of fused-ring (bicyclic) bond motifs is 1. The Labute approximate surface area is 236 Å². The van der Waals surface area contributed by atoms with Gasteiger partial charge in [0, 0.05) is 24.2 Å². The quantitative estimate of drug-likeness (QED) is 0.131. The van der Waals surface area contributed by atoms with Gasteiger partial charge in [0.15, 0.2) is 0 Å². The third kappa shape index (κ3) is 7.52. The van der Waals surface area contributed by atoms with Crippen LogP contribution in [0.2, 0.25) is 0 Å². The third-order valence-corrected chi connectivity index (χ3v) is 8.29. The maximum absolute atomic E-state index is 13.5. The molecule has 0 aliphatic rings. The minimum atomic E-state index is -4.03. The highest BCUT2D eigenvalue weighted by Gasteiger charge is 2.25. The van der Waals surface area contributed by atoms with Gasteiger partial charge in [-0.15, -0.1) is 23.7 Å². The maximum Gasteiger partial charge on any atom is 0.241 e. The van der Waals surface area contributed by atoms with E-state index >= 15 is 0 Å². The minimum absolute atomic E-state index is 0. The van der Waals surface area contributed by atoms with Crippen molar-refractivity contribution in [1.82, 2.24) is 9.71 Å². The molecule has 1 unspecified atom stereocenters. The van der Waals surface area contributed by atoms with Gasteiger partial charge in [-0.05, 0) is 54.4 Å². The second-order valence-electron chi connectivity index (χ2n) is 8.49. The maximum atomic E-state index is 13.5. The predicted molar refractivity (Wildman–Crippen MR) is 156 cm³/mol. The number of hydrogen-bond acceptors (Lipinski definition) is 8. The van der Waals surface area contributed by atoms with Gasteiger partial charge in [0.25, 0.3) is 0 Å². The number of carbonyl (C=O) groups is 1. The van der Waals surface area contributed by atoms with E-state index in [1.54, 1.807) is 43.5 Å². The number of halogens is 1. The fourth-order valence-electron chi connectivity index (χ4n) is 3.83. The Bertz CT molecular complexity index is 1590. The molecule has 0 aliphatic heterocycles. The number of rotatable bonds is 11. The summed E-state index contributed by atoms with van der Waals surface area (Å²) in [6.07, 6.45) is 0.392. The summed E-state index contributed by atoms with van der Waals surface area (Å²) in [6, 6.07) is 17.9. The summed E-state index contributed by atoms with van der Waals surface area (Å²) in [5.74, 6) is 0.292. The van der Waals surface area contributed by atoms with Gasteiger partial charge in [0.1, 0.15) is 16.6 Å². The molecule has 39 heavy (non-hydrogen) atoms. The first-order valence-corrected chi connectivity index (χ1v) is 14.0. The third-order valence-electron chi connectivity index (χ3n) is 5.68. The summed E-state index contributed by atoms with van der Waals surface area (Å²) in [5, 5.41) is 11.0. The van der Waals surface area contributed by atoms with E-state index in [9.17, 15) is 13.2 Å². The number of nitrogen functional groups attached to an aromatic ring is 1. The van der Waals surface area contributed by atoms with Crippen LogP contribution in [0.5, 0.6) is 5.75 Å². The van der Waals surface area contributed by atoms with Crippen LogP contribution in [-0.4, -0.2) is 38.8 Å². The lowest BCUT2D eigenvalue weighted by atomic mass is 10.0. The van der Waals surface area contributed by atoms with Crippen molar-refractivity contribution in [2.75, 3.05) is 19.0 Å². The Morgan fingerprint density at radius 1 is 1.13 bits per heavy atom. The van der Waals surface area contributed by atoms with Crippen LogP contribution in [0.25, 0.3) is 10.2 Å². The molecule has 0 saturated heterocycles. The average molecular weight is 589 g/mol. The summed E-state index contributed by atoms with van der Waals surface area (Å²) >= 11 is 1.36. The van der Waals surface area contributed by atoms with Crippen molar-refractivity contribution < 1.29 is 17.9 Å². The lowest BCUT2D eigenvalue weighted by molar-refractivity contribution is -0.116. The van der Waals surface area contributed by atoms with E-state index in [4.69, 9.17) is 26.6 Å². The zero-order valence-corrected chi connectivity index (χ0v) is 23.5. The van der Waals surface area contributed by atoms with E-state index in [-0.39, 0.29) is 48.4 Å². The van der Waals surface area contributed by atoms with Crippen molar-refractivity contribution >= 4 is 61.4 Å². The Balaban J connectivity index is 0.00000420. The number of aromatic nitrogens is 1. The number of anilines is 1. The highest BCUT2D eigenvalue weighted by atomic mass is 35.5. The van der Waals surface area contributed by atoms with E-state index in [0.717, 1.165) is 15.8 Å². The number of carbonyl (C=O) groups excluding carboxylic acids is 1. The van der Waals surface area contributed by atoms with E-state index in [1.165, 1.54) is 23.5 Å². The zero-order chi connectivity index (χ0) is 27.3. The van der Waals surface area contributed by atoms with Crippen molar-refractivity contribution in [1.29, 1.82) is 5.41 Å². The molecular weight excluding hydrogens is 560 g/mol. The minimum Gasteiger partial charge on any atom is -0.497 e. The molecule has 4 rings (SSSR count). The van der Waals surface area contributed by atoms with Gasteiger partial charge in [0.2, 0.25) is 15.9 Å². The van der Waals surface area contributed by atoms with Crippen molar-refractivity contribution in [3.05, 3.63) is 82.9 Å². The van der Waals surface area contributed by atoms with Crippen LogP contribution in [0, 0.1) is 5.41 Å². The van der Waals surface area contributed by atoms with Crippen molar-refractivity contribution in [3.8, 4) is 5.75 Å². The number of sulfonamides is 1. The number of ether oxygens (including phenoxy) is 1. The van der Waals surface area contributed by atoms with E-state index in [1.807, 2.05) is 18.2 Å². The van der Waals surface area contributed by atoms with Crippen LogP contribution in [0.4, 0.5) is 5.69 Å². The Hall–Kier alpha value is -3.55. The summed E-state index contributed by atoms with van der Waals surface area (Å²) in [7, 11) is -2.45. The Kier molecular flexibility index (Phi) is 10.0. The molecule has 0 aliphatic carbocycles. The highest BCUT2D eigenvalue weighted by molar-refractivity contribution is 7.89. The molecule has 7 N–H and O–H groups in total. The summed E-state index contributed by atoms with van der Waals surface area (Å²) in [4.78, 5) is 16.6. The number of nitrogens with zero attached hydrogens (tertiary/aromatic N) is 1. The van der Waals surface area contributed by atoms with Gasteiger partial charge in [-0.1, -0.05) is 24.3 Å². The smallest absolute Gasteiger partial charge is 0.241 e. The van der Waals surface area contributed by atoms with Gasteiger partial charge in [-0.3, -0.25) is 10.2 Å². The van der Waals surface area contributed by atoms with Crippen molar-refractivity contribution in [3.63, 3.8) is 0 Å². The standard InChI is InChI=1S/C26H28N6O4S2.ClH/c1-36-19-8-9-21-23(15-19)37-26(31-21)22(13-16-4-2-5-17(12-16)25(28)29)32-38(34,35)20-7-3-6-18(14-20)30-24(33)10-11-27;/h2-9,12,14-15,22,32H,10-11,13,27H2,1H3,(H3,28,29)(H,30,33);1H. The Morgan fingerprint density at radius 2 is 1.90 bits per heavy atom. The molecule has 1 atom stereocenters. The van der Waals surface area contributed by atoms with Crippen LogP contribution in [0.15, 0.2) is 71.6 Å². The summed E-state index contributed by atoms with van der Waals surface area (Å²) < 4.78 is 36.0. The normalized spacial score (nSPS) is 11.9. The number of hydrogen-bond donors (Lipinski definition) is 5. The number of nitrogens with two attached hydrogens (primary N) is 2. The van der Waals surface area contributed by atoms with Crippen LogP contribution >= 0.6 is 23.7 Å². The topological polar surface area (TPSA) is 173 Å². The first-order valence-electron chi connectivity index (χ1n) is 11.7. The Morgan fingerprint density at radius 3 is 2.62 bits per heavy atom. The molecule has 0 radical (unpaired) electrons. The van der Waals surface area contributed by atoms with E-state index in [0.29, 0.717) is 22.0 Å². The fourth-order valence-corrected chi connectivity index (χ4v) is 6.20. The highest BCUT2D eigenvalue weighted by Crippen LogP contribution is 2.32. The lowest BCUT2D eigenvalue weighted by Crippen LogP contribution is -2.30. The first kappa shape index (κ1) is 30.0. The van der Waals surface area contributed by atoms with Gasteiger partial charge in [-0.25, -0.2) is 18.1 Å². The van der Waals surface area contributed by atoms with Gasteiger partial charge in [-0.2, -0.15) is 0 Å². The molecule has 206 valence electrons. The van der Waals surface area contributed by atoms with Crippen molar-refractivity contribution in [2.24, 2.45) is 11.5 Å².